The van der Waals surface area contributed by atoms with Gasteiger partial charge in [0.05, 0.1) is 12.2 Å². The van der Waals surface area contributed by atoms with Crippen LogP contribution in [0, 0.1) is 13.8 Å². The first kappa shape index (κ1) is 19.8. The minimum atomic E-state index is -4.76. The summed E-state index contributed by atoms with van der Waals surface area (Å²) < 4.78 is 56.0. The van der Waals surface area contributed by atoms with Gasteiger partial charge in [-0.2, -0.15) is 13.2 Å². The van der Waals surface area contributed by atoms with E-state index in [9.17, 15) is 18.0 Å². The third-order valence-corrected chi connectivity index (χ3v) is 4.20. The van der Waals surface area contributed by atoms with Crippen LogP contribution < -0.4 is 9.47 Å². The zero-order chi connectivity index (χ0) is 20.5. The van der Waals surface area contributed by atoms with Gasteiger partial charge in [0.1, 0.15) is 17.2 Å². The first-order chi connectivity index (χ1) is 13.2. The van der Waals surface area contributed by atoms with Gasteiger partial charge in [0.25, 0.3) is 0 Å². The molecule has 1 atom stereocenters. The molecule has 2 aromatic rings. The van der Waals surface area contributed by atoms with Gasteiger partial charge in [0, 0.05) is 11.6 Å². The lowest BCUT2D eigenvalue weighted by Crippen LogP contribution is -2.40. The Morgan fingerprint density at radius 3 is 2.57 bits per heavy atom. The van der Waals surface area contributed by atoms with Crippen molar-refractivity contribution in [1.82, 2.24) is 0 Å². The standard InChI is InChI=1S/C21H19F3O4/c1-4-26-20(25)16-10-14-7-8-15(11-18(14)28-19(16)21(22,23)24)27-17-9-12(2)5-6-13(17)3/h5-11,19H,4H2,1-3H3. The van der Waals surface area contributed by atoms with Crippen LogP contribution >= 0.6 is 0 Å². The van der Waals surface area contributed by atoms with E-state index in [1.165, 1.54) is 13.0 Å². The third kappa shape index (κ3) is 4.13. The summed E-state index contributed by atoms with van der Waals surface area (Å²) in [6.45, 7) is 5.28. The Morgan fingerprint density at radius 2 is 1.89 bits per heavy atom. The van der Waals surface area contributed by atoms with E-state index >= 15 is 0 Å². The van der Waals surface area contributed by atoms with Crippen molar-refractivity contribution in [2.75, 3.05) is 6.61 Å². The Bertz CT molecular complexity index is 932. The Hall–Kier alpha value is -2.96. The van der Waals surface area contributed by atoms with Gasteiger partial charge in [-0.15, -0.1) is 0 Å². The van der Waals surface area contributed by atoms with Crippen molar-refractivity contribution < 1.29 is 32.2 Å². The molecular weight excluding hydrogens is 373 g/mol. The number of hydrogen-bond acceptors (Lipinski definition) is 4. The van der Waals surface area contributed by atoms with E-state index in [2.05, 4.69) is 0 Å². The molecule has 1 heterocycles. The second-order valence-electron chi connectivity index (χ2n) is 6.43. The highest BCUT2D eigenvalue weighted by Crippen LogP contribution is 2.40. The molecule has 1 aliphatic heterocycles. The van der Waals surface area contributed by atoms with Gasteiger partial charge in [-0.3, -0.25) is 0 Å². The summed E-state index contributed by atoms with van der Waals surface area (Å²) in [5, 5.41) is 0. The second kappa shape index (κ2) is 7.58. The predicted molar refractivity (Wildman–Crippen MR) is 97.5 cm³/mol. The van der Waals surface area contributed by atoms with Gasteiger partial charge in [0.15, 0.2) is 0 Å². The quantitative estimate of drug-likeness (QED) is 0.657. The maximum Gasteiger partial charge on any atom is 0.430 e. The number of ether oxygens (including phenoxy) is 3. The van der Waals surface area contributed by atoms with E-state index in [-0.39, 0.29) is 12.4 Å². The number of fused-ring (bicyclic) bond motifs is 1. The first-order valence-corrected chi connectivity index (χ1v) is 8.70. The van der Waals surface area contributed by atoms with Crippen LogP contribution in [-0.2, 0) is 9.53 Å². The maximum absolute atomic E-state index is 13.4. The molecule has 0 saturated heterocycles. The number of carbonyl (C=O) groups is 1. The van der Waals surface area contributed by atoms with Gasteiger partial charge in [-0.05, 0) is 56.2 Å². The summed E-state index contributed by atoms with van der Waals surface area (Å²) >= 11 is 0. The van der Waals surface area contributed by atoms with Crippen LogP contribution in [0.15, 0.2) is 42.0 Å². The van der Waals surface area contributed by atoms with Crippen LogP contribution in [0.3, 0.4) is 0 Å². The van der Waals surface area contributed by atoms with Gasteiger partial charge in [-0.25, -0.2) is 4.79 Å². The zero-order valence-corrected chi connectivity index (χ0v) is 15.6. The van der Waals surface area contributed by atoms with Crippen LogP contribution in [0.25, 0.3) is 6.08 Å². The monoisotopic (exact) mass is 392 g/mol. The molecular formula is C21H19F3O4. The minimum absolute atomic E-state index is 0.0156. The van der Waals surface area contributed by atoms with Crippen molar-refractivity contribution in [3.05, 3.63) is 58.7 Å². The molecule has 0 saturated carbocycles. The number of carbonyl (C=O) groups excluding carboxylic acids is 1. The lowest BCUT2D eigenvalue weighted by atomic mass is 10.0. The Kier molecular flexibility index (Phi) is 5.36. The van der Waals surface area contributed by atoms with Gasteiger partial charge in [-0.1, -0.05) is 12.1 Å². The molecule has 3 rings (SSSR count). The number of alkyl halides is 3. The molecule has 0 aromatic heterocycles. The van der Waals surface area contributed by atoms with E-state index in [1.807, 2.05) is 32.0 Å². The molecule has 0 aliphatic carbocycles. The number of hydrogen-bond donors (Lipinski definition) is 0. The SMILES string of the molecule is CCOC(=O)C1=Cc2ccc(Oc3cc(C)ccc3C)cc2OC1C(F)(F)F. The third-order valence-electron chi connectivity index (χ3n) is 4.20. The smallest absolute Gasteiger partial charge is 0.430 e. The van der Waals surface area contributed by atoms with Gasteiger partial charge >= 0.3 is 12.1 Å². The molecule has 2 aromatic carbocycles. The molecule has 0 spiro atoms. The lowest BCUT2D eigenvalue weighted by Gasteiger charge is -2.28. The average Bonchev–Trinajstić information content (AvgIpc) is 2.63. The molecule has 1 unspecified atom stereocenters. The number of esters is 1. The average molecular weight is 392 g/mol. The number of benzene rings is 2. The molecule has 148 valence electrons. The fraction of sp³-hybridized carbons (Fsp3) is 0.286. The molecule has 0 amide bonds. The Balaban J connectivity index is 1.96. The highest BCUT2D eigenvalue weighted by molar-refractivity contribution is 5.96. The van der Waals surface area contributed by atoms with E-state index in [0.29, 0.717) is 17.1 Å². The maximum atomic E-state index is 13.4. The molecule has 7 heteroatoms. The number of rotatable bonds is 4. The van der Waals surface area contributed by atoms with Crippen molar-refractivity contribution >= 4 is 12.0 Å². The van der Waals surface area contributed by atoms with E-state index in [0.717, 1.165) is 17.2 Å². The largest absolute Gasteiger partial charge is 0.475 e. The van der Waals surface area contributed by atoms with E-state index < -0.39 is 23.8 Å². The fourth-order valence-corrected chi connectivity index (χ4v) is 2.80. The first-order valence-electron chi connectivity index (χ1n) is 8.70. The van der Waals surface area contributed by atoms with Crippen molar-refractivity contribution in [1.29, 1.82) is 0 Å². The minimum Gasteiger partial charge on any atom is -0.475 e. The van der Waals surface area contributed by atoms with E-state index in [4.69, 9.17) is 14.2 Å². The number of halogens is 3. The Labute approximate surface area is 160 Å². The van der Waals surface area contributed by atoms with Crippen LogP contribution in [0.5, 0.6) is 17.2 Å². The summed E-state index contributed by atoms with van der Waals surface area (Å²) in [7, 11) is 0. The second-order valence-corrected chi connectivity index (χ2v) is 6.43. The highest BCUT2D eigenvalue weighted by atomic mass is 19.4. The summed E-state index contributed by atoms with van der Waals surface area (Å²) in [4.78, 5) is 11.9. The summed E-state index contributed by atoms with van der Waals surface area (Å²) in [5.41, 5.74) is 1.65. The fourth-order valence-electron chi connectivity index (χ4n) is 2.80. The normalized spacial score (nSPS) is 15.9. The van der Waals surface area contributed by atoms with Crippen LogP contribution in [0.4, 0.5) is 13.2 Å². The predicted octanol–water partition coefficient (Wildman–Crippen LogP) is 5.37. The van der Waals surface area contributed by atoms with Gasteiger partial charge < -0.3 is 14.2 Å². The van der Waals surface area contributed by atoms with Gasteiger partial charge in [0.2, 0.25) is 6.10 Å². The summed E-state index contributed by atoms with van der Waals surface area (Å²) in [6.07, 6.45) is -6.01. The molecule has 0 fully saturated rings. The van der Waals surface area contributed by atoms with E-state index in [1.54, 1.807) is 12.1 Å². The lowest BCUT2D eigenvalue weighted by molar-refractivity contribution is -0.187. The molecule has 0 bridgehead atoms. The molecule has 0 N–H and O–H groups in total. The Morgan fingerprint density at radius 1 is 1.14 bits per heavy atom. The molecule has 1 aliphatic rings. The van der Waals surface area contributed by atoms with Crippen LogP contribution in [-0.4, -0.2) is 24.9 Å². The summed E-state index contributed by atoms with van der Waals surface area (Å²) in [5.74, 6) is -0.128. The molecule has 4 nitrogen and oxygen atoms in total. The van der Waals surface area contributed by atoms with Crippen LogP contribution in [0.2, 0.25) is 0 Å². The topological polar surface area (TPSA) is 44.8 Å². The van der Waals surface area contributed by atoms with Crippen molar-refractivity contribution in [2.24, 2.45) is 0 Å². The van der Waals surface area contributed by atoms with Crippen molar-refractivity contribution in [3.8, 4) is 17.2 Å². The zero-order valence-electron chi connectivity index (χ0n) is 15.6. The molecule has 28 heavy (non-hydrogen) atoms. The van der Waals surface area contributed by atoms with Crippen LogP contribution in [0.1, 0.15) is 23.6 Å². The summed E-state index contributed by atoms with van der Waals surface area (Å²) in [6, 6.07) is 10.2. The number of aryl methyl sites for hydroxylation is 2. The van der Waals surface area contributed by atoms with Crippen molar-refractivity contribution in [2.45, 2.75) is 33.1 Å². The molecule has 0 radical (unpaired) electrons. The van der Waals surface area contributed by atoms with Crippen molar-refractivity contribution in [3.63, 3.8) is 0 Å². The highest BCUT2D eigenvalue weighted by Gasteiger charge is 2.48.